The van der Waals surface area contributed by atoms with Gasteiger partial charge < -0.3 is 19.7 Å². The largest absolute Gasteiger partial charge is 0.497 e. The van der Waals surface area contributed by atoms with Crippen molar-refractivity contribution in [3.8, 4) is 11.5 Å². The zero-order valence-corrected chi connectivity index (χ0v) is 14.5. The third-order valence-corrected chi connectivity index (χ3v) is 3.62. The highest BCUT2D eigenvalue weighted by atomic mass is 16.5. The van der Waals surface area contributed by atoms with Crippen LogP contribution in [0.4, 0.5) is 5.69 Å². The number of anilines is 1. The Morgan fingerprint density at radius 1 is 1.12 bits per heavy atom. The molecule has 1 amide bonds. The lowest BCUT2D eigenvalue weighted by atomic mass is 10.2. The molecule has 0 bridgehead atoms. The van der Waals surface area contributed by atoms with Gasteiger partial charge in [-0.25, -0.2) is 0 Å². The summed E-state index contributed by atoms with van der Waals surface area (Å²) < 4.78 is 10.8. The summed E-state index contributed by atoms with van der Waals surface area (Å²) in [6.07, 6.45) is 0. The van der Waals surface area contributed by atoms with Gasteiger partial charge in [-0.1, -0.05) is 12.1 Å². The number of aryl methyl sites for hydroxylation is 1. The minimum atomic E-state index is -0.0202. The normalized spacial score (nSPS) is 11.6. The number of quaternary nitrogens is 1. The number of likely N-dealkylation sites (N-methyl/N-ethyl adjacent to an activating group) is 1. The molecule has 1 unspecified atom stereocenters. The molecule has 0 aromatic heterocycles. The number of amides is 1. The van der Waals surface area contributed by atoms with E-state index >= 15 is 0 Å². The summed E-state index contributed by atoms with van der Waals surface area (Å²) >= 11 is 0. The van der Waals surface area contributed by atoms with Crippen LogP contribution in [0.3, 0.4) is 0 Å². The fourth-order valence-electron chi connectivity index (χ4n) is 2.29. The minimum absolute atomic E-state index is 0.0202. The fraction of sp³-hybridized carbons (Fsp3) is 0.316. The molecule has 0 fully saturated rings. The van der Waals surface area contributed by atoms with E-state index < -0.39 is 0 Å². The first-order valence-corrected chi connectivity index (χ1v) is 8.01. The Kier molecular flexibility index (Phi) is 6.63. The topological polar surface area (TPSA) is 52.0 Å². The molecule has 0 aliphatic rings. The van der Waals surface area contributed by atoms with E-state index in [0.717, 1.165) is 28.6 Å². The Morgan fingerprint density at radius 2 is 1.88 bits per heavy atom. The van der Waals surface area contributed by atoms with E-state index in [1.54, 1.807) is 7.11 Å². The first-order chi connectivity index (χ1) is 11.6. The molecule has 1 atom stereocenters. The molecular formula is C19H25N2O3+. The summed E-state index contributed by atoms with van der Waals surface area (Å²) in [7, 11) is 3.60. The molecule has 128 valence electrons. The van der Waals surface area contributed by atoms with E-state index in [1.165, 1.54) is 5.56 Å². The lowest BCUT2D eigenvalue weighted by Crippen LogP contribution is -3.10. The van der Waals surface area contributed by atoms with Gasteiger partial charge in [-0.2, -0.15) is 0 Å². The molecule has 5 heteroatoms. The van der Waals surface area contributed by atoms with Crippen LogP contribution >= 0.6 is 0 Å². The molecule has 2 rings (SSSR count). The lowest BCUT2D eigenvalue weighted by Gasteiger charge is -2.14. The van der Waals surface area contributed by atoms with Crippen LogP contribution in [0.25, 0.3) is 0 Å². The van der Waals surface area contributed by atoms with Gasteiger partial charge in [0.1, 0.15) is 24.7 Å². The van der Waals surface area contributed by atoms with Crippen LogP contribution in [-0.4, -0.2) is 39.8 Å². The molecule has 0 saturated carbocycles. The summed E-state index contributed by atoms with van der Waals surface area (Å²) in [4.78, 5) is 13.1. The maximum Gasteiger partial charge on any atom is 0.279 e. The second-order valence-corrected chi connectivity index (χ2v) is 5.83. The van der Waals surface area contributed by atoms with Crippen molar-refractivity contribution in [2.75, 3.05) is 39.2 Å². The molecule has 0 aliphatic carbocycles. The van der Waals surface area contributed by atoms with Crippen LogP contribution in [0.2, 0.25) is 0 Å². The molecule has 0 saturated heterocycles. The van der Waals surface area contributed by atoms with Gasteiger partial charge in [0.05, 0.1) is 14.2 Å². The second kappa shape index (κ2) is 8.93. The average Bonchev–Trinajstić information content (AvgIpc) is 2.55. The minimum Gasteiger partial charge on any atom is -0.497 e. The van der Waals surface area contributed by atoms with E-state index in [1.807, 2.05) is 62.5 Å². The van der Waals surface area contributed by atoms with Crippen LogP contribution in [0.1, 0.15) is 5.56 Å². The van der Waals surface area contributed by atoms with E-state index in [0.29, 0.717) is 13.2 Å². The molecule has 0 spiro atoms. The summed E-state index contributed by atoms with van der Waals surface area (Å²) in [6, 6.07) is 15.3. The fourth-order valence-corrected chi connectivity index (χ4v) is 2.29. The van der Waals surface area contributed by atoms with Gasteiger partial charge in [0.2, 0.25) is 0 Å². The van der Waals surface area contributed by atoms with Crippen LogP contribution in [0.15, 0.2) is 48.5 Å². The van der Waals surface area contributed by atoms with E-state index in [9.17, 15) is 4.79 Å². The van der Waals surface area contributed by atoms with Crippen molar-refractivity contribution in [1.82, 2.24) is 0 Å². The number of carbonyl (C=O) groups excluding carboxylic acids is 1. The van der Waals surface area contributed by atoms with E-state index in [-0.39, 0.29) is 5.91 Å². The van der Waals surface area contributed by atoms with Crippen molar-refractivity contribution >= 4 is 11.6 Å². The molecule has 0 radical (unpaired) electrons. The van der Waals surface area contributed by atoms with Gasteiger partial charge in [-0.3, -0.25) is 4.79 Å². The predicted molar refractivity (Wildman–Crippen MR) is 94.9 cm³/mol. The number of nitrogens with one attached hydrogen (secondary N) is 2. The summed E-state index contributed by atoms with van der Waals surface area (Å²) in [5, 5.41) is 2.88. The highest BCUT2D eigenvalue weighted by Crippen LogP contribution is 2.14. The lowest BCUT2D eigenvalue weighted by molar-refractivity contribution is -0.871. The molecule has 0 aliphatic heterocycles. The number of rotatable bonds is 8. The molecule has 5 nitrogen and oxygen atoms in total. The van der Waals surface area contributed by atoms with Crippen molar-refractivity contribution in [3.05, 3.63) is 54.1 Å². The predicted octanol–water partition coefficient (Wildman–Crippen LogP) is 1.54. The Hall–Kier alpha value is -2.53. The SMILES string of the molecule is COc1ccc(NC(=O)C[NH+](C)CCOc2cccc(C)c2)cc1. The Balaban J connectivity index is 1.70. The number of hydrogen-bond donors (Lipinski definition) is 2. The number of hydrogen-bond acceptors (Lipinski definition) is 3. The van der Waals surface area contributed by atoms with E-state index in [2.05, 4.69) is 5.32 Å². The van der Waals surface area contributed by atoms with Crippen molar-refractivity contribution in [2.24, 2.45) is 0 Å². The van der Waals surface area contributed by atoms with Gasteiger partial charge >= 0.3 is 0 Å². The van der Waals surface area contributed by atoms with Crippen molar-refractivity contribution < 1.29 is 19.2 Å². The van der Waals surface area contributed by atoms with Gasteiger partial charge in [0, 0.05) is 5.69 Å². The van der Waals surface area contributed by atoms with Crippen LogP contribution in [0, 0.1) is 6.92 Å². The van der Waals surface area contributed by atoms with Gasteiger partial charge in [0.25, 0.3) is 5.91 Å². The molecule has 2 aromatic rings. The smallest absolute Gasteiger partial charge is 0.279 e. The van der Waals surface area contributed by atoms with Gasteiger partial charge in [0.15, 0.2) is 6.54 Å². The monoisotopic (exact) mass is 329 g/mol. The number of ether oxygens (including phenoxy) is 2. The third-order valence-electron chi connectivity index (χ3n) is 3.62. The third kappa shape index (κ3) is 5.93. The first-order valence-electron chi connectivity index (χ1n) is 8.01. The highest BCUT2D eigenvalue weighted by Gasteiger charge is 2.10. The maximum atomic E-state index is 12.1. The summed E-state index contributed by atoms with van der Waals surface area (Å²) in [5.41, 5.74) is 1.94. The number of carbonyl (C=O) groups is 1. The van der Waals surface area contributed by atoms with Crippen molar-refractivity contribution in [1.29, 1.82) is 0 Å². The second-order valence-electron chi connectivity index (χ2n) is 5.83. The van der Waals surface area contributed by atoms with E-state index in [4.69, 9.17) is 9.47 Å². The van der Waals surface area contributed by atoms with Crippen LogP contribution in [-0.2, 0) is 4.79 Å². The number of methoxy groups -OCH3 is 1. The first kappa shape index (κ1) is 17.8. The Bertz CT molecular complexity index is 656. The van der Waals surface area contributed by atoms with Gasteiger partial charge in [-0.15, -0.1) is 0 Å². The Morgan fingerprint density at radius 3 is 2.54 bits per heavy atom. The van der Waals surface area contributed by atoms with Crippen LogP contribution < -0.4 is 19.7 Å². The molecule has 0 heterocycles. The molecule has 2 N–H and O–H groups in total. The standard InChI is InChI=1S/C19H24N2O3/c1-15-5-4-6-18(13-15)24-12-11-21(2)14-19(22)20-16-7-9-17(23-3)10-8-16/h4-10,13H,11-12,14H2,1-3H3,(H,20,22)/p+1. The quantitative estimate of drug-likeness (QED) is 0.772. The Labute approximate surface area is 143 Å². The zero-order chi connectivity index (χ0) is 17.4. The molecular weight excluding hydrogens is 304 g/mol. The van der Waals surface area contributed by atoms with Crippen molar-refractivity contribution in [2.45, 2.75) is 6.92 Å². The summed E-state index contributed by atoms with van der Waals surface area (Å²) in [5.74, 6) is 1.61. The van der Waals surface area contributed by atoms with Gasteiger partial charge in [-0.05, 0) is 48.9 Å². The molecule has 2 aromatic carbocycles. The summed E-state index contributed by atoms with van der Waals surface area (Å²) in [6.45, 7) is 3.76. The average molecular weight is 329 g/mol. The van der Waals surface area contributed by atoms with Crippen LogP contribution in [0.5, 0.6) is 11.5 Å². The zero-order valence-electron chi connectivity index (χ0n) is 14.5. The molecule has 24 heavy (non-hydrogen) atoms. The maximum absolute atomic E-state index is 12.1. The highest BCUT2D eigenvalue weighted by molar-refractivity contribution is 5.91. The number of benzene rings is 2. The van der Waals surface area contributed by atoms with Crippen molar-refractivity contribution in [3.63, 3.8) is 0 Å².